The number of aromatic nitrogens is 5. The van der Waals surface area contributed by atoms with E-state index in [2.05, 4.69) is 15.2 Å². The number of nitrogens with one attached hydrogen (secondary N) is 1. The van der Waals surface area contributed by atoms with E-state index in [9.17, 15) is 9.90 Å². The second kappa shape index (κ2) is 7.88. The fourth-order valence-corrected chi connectivity index (χ4v) is 3.58. The smallest absolute Gasteiger partial charge is 0.248 e. The second-order valence-electron chi connectivity index (χ2n) is 7.24. The van der Waals surface area contributed by atoms with Crippen molar-refractivity contribution < 1.29 is 9.90 Å². The minimum atomic E-state index is -0.486. The van der Waals surface area contributed by atoms with E-state index in [0.717, 1.165) is 22.5 Å². The molecule has 2 aromatic carbocycles. The molecule has 9 heteroatoms. The fraction of sp³-hybridized carbons (Fsp3) is 0.0435. The Morgan fingerprint density at radius 2 is 1.84 bits per heavy atom. The zero-order valence-corrected chi connectivity index (χ0v) is 16.9. The number of imidazole rings is 1. The summed E-state index contributed by atoms with van der Waals surface area (Å²) in [6.07, 6.45) is 8.90. The van der Waals surface area contributed by atoms with Crippen molar-refractivity contribution in [2.75, 3.05) is 4.90 Å². The van der Waals surface area contributed by atoms with Gasteiger partial charge < -0.3 is 15.7 Å². The Bertz CT molecular complexity index is 1370. The van der Waals surface area contributed by atoms with Crippen LogP contribution in [0.5, 0.6) is 5.75 Å². The molecule has 9 nitrogen and oxygen atoms in total. The third-order valence-electron chi connectivity index (χ3n) is 5.20. The van der Waals surface area contributed by atoms with Crippen LogP contribution >= 0.6 is 0 Å². The molecule has 4 N–H and O–H groups in total. The number of carbonyl (C=O) groups excluding carboxylic acids is 1. The fourth-order valence-electron chi connectivity index (χ4n) is 3.58. The summed E-state index contributed by atoms with van der Waals surface area (Å²) in [5, 5.41) is 16.5. The summed E-state index contributed by atoms with van der Waals surface area (Å²) in [7, 11) is 0. The Morgan fingerprint density at radius 1 is 1.06 bits per heavy atom. The standard InChI is InChI=1S/C23H19N7O2/c24-21(32)16-3-5-18(6-4-16)30(14-15-1-7-19(31)8-2-15)23-22-25-9-10-29(22)20(13-26-23)17-11-27-28-12-17/h1-13,31H,14H2,(H2,24,32)(H,27,28). The molecule has 0 unspecified atom stereocenters. The average Bonchev–Trinajstić information content (AvgIpc) is 3.51. The number of primary amides is 1. The van der Waals surface area contributed by atoms with Crippen molar-refractivity contribution in [2.45, 2.75) is 6.54 Å². The van der Waals surface area contributed by atoms with Gasteiger partial charge in [0.1, 0.15) is 5.75 Å². The number of nitrogens with zero attached hydrogens (tertiary/aromatic N) is 5. The zero-order chi connectivity index (χ0) is 22.1. The van der Waals surface area contributed by atoms with Crippen LogP contribution in [0.3, 0.4) is 0 Å². The van der Waals surface area contributed by atoms with Gasteiger partial charge in [-0.1, -0.05) is 12.1 Å². The minimum Gasteiger partial charge on any atom is -0.508 e. The Hall–Kier alpha value is -4.66. The number of H-pyrrole nitrogens is 1. The molecular formula is C23H19N7O2. The summed E-state index contributed by atoms with van der Waals surface area (Å²) in [4.78, 5) is 22.8. The lowest BCUT2D eigenvalue weighted by atomic mass is 10.1. The Balaban J connectivity index is 1.63. The van der Waals surface area contributed by atoms with E-state index < -0.39 is 5.91 Å². The van der Waals surface area contributed by atoms with Crippen molar-refractivity contribution in [1.82, 2.24) is 24.6 Å². The summed E-state index contributed by atoms with van der Waals surface area (Å²) >= 11 is 0. The Morgan fingerprint density at radius 3 is 2.53 bits per heavy atom. The number of aromatic hydroxyl groups is 1. The third kappa shape index (κ3) is 3.52. The number of fused-ring (bicyclic) bond motifs is 1. The highest BCUT2D eigenvalue weighted by Gasteiger charge is 2.19. The van der Waals surface area contributed by atoms with Gasteiger partial charge in [-0.05, 0) is 42.0 Å². The molecule has 32 heavy (non-hydrogen) atoms. The van der Waals surface area contributed by atoms with Crippen molar-refractivity contribution in [3.05, 3.63) is 90.6 Å². The lowest BCUT2D eigenvalue weighted by Crippen LogP contribution is -2.19. The van der Waals surface area contributed by atoms with Gasteiger partial charge in [0.2, 0.25) is 5.91 Å². The van der Waals surface area contributed by atoms with Gasteiger partial charge in [0.05, 0.1) is 18.1 Å². The molecule has 0 saturated heterocycles. The number of phenols is 1. The van der Waals surface area contributed by atoms with Gasteiger partial charge in [-0.15, -0.1) is 0 Å². The number of phenolic OH excluding ortho intramolecular Hbond substituents is 1. The van der Waals surface area contributed by atoms with Crippen molar-refractivity contribution in [2.24, 2.45) is 5.73 Å². The molecule has 0 bridgehead atoms. The van der Waals surface area contributed by atoms with Crippen LogP contribution in [-0.2, 0) is 6.54 Å². The van der Waals surface area contributed by atoms with E-state index in [1.54, 1.807) is 49.1 Å². The van der Waals surface area contributed by atoms with Crippen molar-refractivity contribution in [3.63, 3.8) is 0 Å². The summed E-state index contributed by atoms with van der Waals surface area (Å²) < 4.78 is 1.95. The SMILES string of the molecule is NC(=O)c1ccc(N(Cc2ccc(O)cc2)c2ncc(-c3cn[nH]c3)n3ccnc23)cc1. The predicted molar refractivity (Wildman–Crippen MR) is 119 cm³/mol. The number of anilines is 2. The Labute approximate surface area is 182 Å². The lowest BCUT2D eigenvalue weighted by Gasteiger charge is -2.25. The average molecular weight is 425 g/mol. The van der Waals surface area contributed by atoms with E-state index in [1.165, 1.54) is 0 Å². The molecule has 0 aliphatic heterocycles. The van der Waals surface area contributed by atoms with Crippen LogP contribution in [-0.4, -0.2) is 35.6 Å². The van der Waals surface area contributed by atoms with E-state index in [0.29, 0.717) is 23.6 Å². The summed E-state index contributed by atoms with van der Waals surface area (Å²) in [6, 6.07) is 14.0. The highest BCUT2D eigenvalue weighted by atomic mass is 16.3. The maximum absolute atomic E-state index is 11.5. The van der Waals surface area contributed by atoms with Crippen LogP contribution in [0.15, 0.2) is 79.5 Å². The largest absolute Gasteiger partial charge is 0.508 e. The molecule has 0 saturated carbocycles. The molecule has 0 radical (unpaired) electrons. The number of benzene rings is 2. The first-order valence-corrected chi connectivity index (χ1v) is 9.86. The van der Waals surface area contributed by atoms with Crippen LogP contribution < -0.4 is 10.6 Å². The van der Waals surface area contributed by atoms with Crippen LogP contribution in [0, 0.1) is 0 Å². The first kappa shape index (κ1) is 19.3. The topological polar surface area (TPSA) is 125 Å². The maximum Gasteiger partial charge on any atom is 0.248 e. The quantitative estimate of drug-likeness (QED) is 0.383. The summed E-state index contributed by atoms with van der Waals surface area (Å²) in [5.74, 6) is 0.353. The number of nitrogens with two attached hydrogens (primary N) is 1. The molecule has 3 aromatic heterocycles. The van der Waals surface area contributed by atoms with Crippen molar-refractivity contribution in [3.8, 4) is 17.0 Å². The van der Waals surface area contributed by atoms with E-state index in [1.807, 2.05) is 39.8 Å². The number of hydrogen-bond donors (Lipinski definition) is 3. The number of hydrogen-bond acceptors (Lipinski definition) is 6. The van der Waals surface area contributed by atoms with E-state index >= 15 is 0 Å². The second-order valence-corrected chi connectivity index (χ2v) is 7.24. The minimum absolute atomic E-state index is 0.198. The monoisotopic (exact) mass is 425 g/mol. The normalized spacial score (nSPS) is 11.0. The van der Waals surface area contributed by atoms with Gasteiger partial charge >= 0.3 is 0 Å². The third-order valence-corrected chi connectivity index (χ3v) is 5.20. The number of amides is 1. The highest BCUT2D eigenvalue weighted by Crippen LogP contribution is 2.31. The van der Waals surface area contributed by atoms with Crippen LogP contribution in [0.2, 0.25) is 0 Å². The number of rotatable bonds is 6. The summed E-state index contributed by atoms with van der Waals surface area (Å²) in [6.45, 7) is 0.469. The molecule has 0 aliphatic rings. The van der Waals surface area contributed by atoms with E-state index in [-0.39, 0.29) is 5.75 Å². The van der Waals surface area contributed by atoms with Crippen molar-refractivity contribution in [1.29, 1.82) is 0 Å². The number of carbonyl (C=O) groups is 1. The number of aromatic amines is 1. The highest BCUT2D eigenvalue weighted by molar-refractivity contribution is 5.93. The first-order valence-electron chi connectivity index (χ1n) is 9.86. The molecule has 0 aliphatic carbocycles. The zero-order valence-electron chi connectivity index (χ0n) is 16.9. The Kier molecular flexibility index (Phi) is 4.75. The molecule has 1 amide bonds. The predicted octanol–water partition coefficient (Wildman–Crippen LogP) is 3.26. The van der Waals surface area contributed by atoms with Gasteiger partial charge in [0.25, 0.3) is 0 Å². The first-order chi connectivity index (χ1) is 15.6. The molecule has 158 valence electrons. The van der Waals surface area contributed by atoms with E-state index in [4.69, 9.17) is 10.7 Å². The van der Waals surface area contributed by atoms with Gasteiger partial charge in [0, 0.05) is 41.9 Å². The van der Waals surface area contributed by atoms with Crippen LogP contribution in [0.4, 0.5) is 11.5 Å². The van der Waals surface area contributed by atoms with Gasteiger partial charge in [-0.2, -0.15) is 5.10 Å². The molecular weight excluding hydrogens is 406 g/mol. The molecule has 5 aromatic rings. The molecule has 0 atom stereocenters. The molecule has 5 rings (SSSR count). The van der Waals surface area contributed by atoms with Crippen LogP contribution in [0.25, 0.3) is 16.9 Å². The molecule has 0 fully saturated rings. The summed E-state index contributed by atoms with van der Waals surface area (Å²) in [5.41, 5.74) is 10.0. The lowest BCUT2D eigenvalue weighted by molar-refractivity contribution is 0.100. The van der Waals surface area contributed by atoms with Gasteiger partial charge in [-0.25, -0.2) is 9.97 Å². The van der Waals surface area contributed by atoms with Crippen molar-refractivity contribution >= 4 is 23.1 Å². The van der Waals surface area contributed by atoms with Crippen LogP contribution in [0.1, 0.15) is 15.9 Å². The maximum atomic E-state index is 11.5. The van der Waals surface area contributed by atoms with Gasteiger partial charge in [0.15, 0.2) is 11.5 Å². The molecule has 3 heterocycles. The molecule has 0 spiro atoms. The van der Waals surface area contributed by atoms with Gasteiger partial charge in [-0.3, -0.25) is 14.3 Å².